The quantitative estimate of drug-likeness (QED) is 0.141. The maximum absolute atomic E-state index is 2.48. The maximum atomic E-state index is 2.48. The van der Waals surface area contributed by atoms with E-state index in [-0.39, 0.29) is 0 Å². The molecule has 12 aromatic carbocycles. The highest BCUT2D eigenvalue weighted by Gasteiger charge is 2.22. The van der Waals surface area contributed by atoms with Crippen LogP contribution in [0.25, 0.3) is 132 Å². The molecule has 0 N–H and O–H groups in total. The van der Waals surface area contributed by atoms with Gasteiger partial charge in [0.1, 0.15) is 0 Å². The molecule has 0 unspecified atom stereocenters. The van der Waals surface area contributed by atoms with Gasteiger partial charge in [-0.15, -0.1) is 0 Å². The molecule has 0 amide bonds. The van der Waals surface area contributed by atoms with Gasteiger partial charge in [0, 0.05) is 32.9 Å². The minimum atomic E-state index is 1.15. The normalized spacial score (nSPS) is 11.7. The first kappa shape index (κ1) is 39.9. The third-order valence-corrected chi connectivity index (χ3v) is 14.5. The summed E-state index contributed by atoms with van der Waals surface area (Å²) in [6, 6.07) is 98.3. The van der Waals surface area contributed by atoms with Crippen LogP contribution in [0, 0.1) is 0 Å². The van der Waals surface area contributed by atoms with Gasteiger partial charge in [-0.1, -0.05) is 206 Å². The molecule has 14 rings (SSSR count). The number of benzene rings is 12. The molecule has 0 radical (unpaired) electrons. The predicted octanol–water partition coefficient (Wildman–Crippen LogP) is 18.5. The molecule has 0 saturated carbocycles. The Morgan fingerprint density at radius 3 is 1.11 bits per heavy atom. The molecular formula is C68H44N2. The third kappa shape index (κ3) is 6.35. The van der Waals surface area contributed by atoms with E-state index in [0.29, 0.717) is 0 Å². The smallest absolute Gasteiger partial charge is 0.0547 e. The fourth-order valence-corrected chi connectivity index (χ4v) is 11.4. The first-order valence-electron chi connectivity index (χ1n) is 24.2. The van der Waals surface area contributed by atoms with Crippen molar-refractivity contribution in [2.75, 3.05) is 0 Å². The summed E-state index contributed by atoms with van der Waals surface area (Å²) in [5, 5.41) is 9.84. The summed E-state index contributed by atoms with van der Waals surface area (Å²) < 4.78 is 4.84. The molecule has 0 saturated heterocycles. The Hall–Kier alpha value is -9.24. The highest BCUT2D eigenvalue weighted by molar-refractivity contribution is 6.21. The molecule has 2 heteroatoms. The second-order valence-electron chi connectivity index (χ2n) is 18.4. The Balaban J connectivity index is 1.08. The summed E-state index contributed by atoms with van der Waals surface area (Å²) in [5.74, 6) is 0. The number of nitrogens with zero attached hydrogens (tertiary/aromatic N) is 2. The largest absolute Gasteiger partial charge is 0.309 e. The lowest BCUT2D eigenvalue weighted by Gasteiger charge is -2.20. The Bertz CT molecular complexity index is 4100. The SMILES string of the molecule is c1ccc(-c2ccc(-c3c4cccc(-c5ccc6c7ccccc7n(-c7ccccc7)c6c5)c4cc4c(-c5ccc6c7ccccc7n(-c7ccccc7)c6c5)cccc34)c(-c3ccccc3)c2)cc1. The average Bonchev–Trinajstić information content (AvgIpc) is 3.95. The summed E-state index contributed by atoms with van der Waals surface area (Å²) in [4.78, 5) is 0. The highest BCUT2D eigenvalue weighted by Crippen LogP contribution is 2.48. The zero-order chi connectivity index (χ0) is 46.1. The van der Waals surface area contributed by atoms with Crippen molar-refractivity contribution in [3.63, 3.8) is 0 Å². The molecule has 2 aromatic heterocycles. The molecule has 0 fully saturated rings. The standard InChI is InChI=1S/C68H44N2/c1-5-19-45(20-6-1)47-35-40-60(61(41-47)46-21-7-2-8-22-46)68-58-31-17-29-52(48-36-38-56-54-27-13-15-33-64(54)69(66(56)42-48)50-23-9-3-10-24-50)62(58)44-63-53(30-18-32-59(63)68)49-37-39-57-55-28-14-16-34-65(55)70(67(57)43-49)51-25-11-4-12-26-51/h1-44H. The Kier molecular flexibility index (Phi) is 9.25. The third-order valence-electron chi connectivity index (χ3n) is 14.5. The molecule has 0 aliphatic heterocycles. The molecule has 0 aliphatic rings. The van der Waals surface area contributed by atoms with Crippen LogP contribution in [0.4, 0.5) is 0 Å². The number of aromatic nitrogens is 2. The van der Waals surface area contributed by atoms with Crippen LogP contribution < -0.4 is 0 Å². The van der Waals surface area contributed by atoms with Gasteiger partial charge in [0.15, 0.2) is 0 Å². The van der Waals surface area contributed by atoms with Gasteiger partial charge in [-0.3, -0.25) is 0 Å². The predicted molar refractivity (Wildman–Crippen MR) is 297 cm³/mol. The summed E-state index contributed by atoms with van der Waals surface area (Å²) in [6.45, 7) is 0. The van der Waals surface area contributed by atoms with E-state index in [4.69, 9.17) is 0 Å². The molecule has 0 atom stereocenters. The zero-order valence-electron chi connectivity index (χ0n) is 38.3. The van der Waals surface area contributed by atoms with E-state index in [1.807, 2.05) is 0 Å². The first-order valence-corrected chi connectivity index (χ1v) is 24.2. The van der Waals surface area contributed by atoms with Gasteiger partial charge in [0.2, 0.25) is 0 Å². The average molecular weight is 889 g/mol. The molecular weight excluding hydrogens is 845 g/mol. The molecule has 0 spiro atoms. The fraction of sp³-hybridized carbons (Fsp3) is 0. The van der Waals surface area contributed by atoms with Crippen LogP contribution in [0.2, 0.25) is 0 Å². The van der Waals surface area contributed by atoms with Gasteiger partial charge in [0.25, 0.3) is 0 Å². The molecule has 326 valence electrons. The van der Waals surface area contributed by atoms with Gasteiger partial charge < -0.3 is 9.13 Å². The van der Waals surface area contributed by atoms with Gasteiger partial charge in [-0.05, 0) is 138 Å². The van der Waals surface area contributed by atoms with Crippen molar-refractivity contribution in [1.29, 1.82) is 0 Å². The van der Waals surface area contributed by atoms with E-state index in [0.717, 1.165) is 11.4 Å². The summed E-state index contributed by atoms with van der Waals surface area (Å²) in [7, 11) is 0. The minimum absolute atomic E-state index is 1.15. The lowest BCUT2D eigenvalue weighted by Crippen LogP contribution is -1.95. The lowest BCUT2D eigenvalue weighted by molar-refractivity contribution is 1.18. The number of rotatable bonds is 7. The minimum Gasteiger partial charge on any atom is -0.309 e. The van der Waals surface area contributed by atoms with E-state index < -0.39 is 0 Å². The van der Waals surface area contributed by atoms with E-state index >= 15 is 0 Å². The Labute approximate surface area is 406 Å². The number of hydrogen-bond donors (Lipinski definition) is 0. The number of hydrogen-bond acceptors (Lipinski definition) is 0. The van der Waals surface area contributed by atoms with Crippen molar-refractivity contribution >= 4 is 65.2 Å². The van der Waals surface area contributed by atoms with E-state index in [1.54, 1.807) is 0 Å². The van der Waals surface area contributed by atoms with Crippen molar-refractivity contribution < 1.29 is 0 Å². The molecule has 70 heavy (non-hydrogen) atoms. The van der Waals surface area contributed by atoms with Crippen molar-refractivity contribution in [3.8, 4) is 67.0 Å². The van der Waals surface area contributed by atoms with Crippen molar-refractivity contribution in [3.05, 3.63) is 267 Å². The van der Waals surface area contributed by atoms with Crippen molar-refractivity contribution in [2.45, 2.75) is 0 Å². The second-order valence-corrected chi connectivity index (χ2v) is 18.4. The van der Waals surface area contributed by atoms with Gasteiger partial charge in [-0.2, -0.15) is 0 Å². The van der Waals surface area contributed by atoms with Gasteiger partial charge in [-0.25, -0.2) is 0 Å². The lowest BCUT2D eigenvalue weighted by atomic mass is 9.83. The van der Waals surface area contributed by atoms with Crippen LogP contribution >= 0.6 is 0 Å². The maximum Gasteiger partial charge on any atom is 0.0547 e. The Morgan fingerprint density at radius 2 is 0.600 bits per heavy atom. The van der Waals surface area contributed by atoms with Crippen LogP contribution in [0.15, 0.2) is 267 Å². The van der Waals surface area contributed by atoms with E-state index in [2.05, 4.69) is 276 Å². The first-order chi connectivity index (χ1) is 34.7. The molecule has 2 nitrogen and oxygen atoms in total. The van der Waals surface area contributed by atoms with Crippen LogP contribution in [0.5, 0.6) is 0 Å². The summed E-state index contributed by atoms with van der Waals surface area (Å²) in [6.07, 6.45) is 0. The van der Waals surface area contributed by atoms with E-state index in [1.165, 1.54) is 121 Å². The monoisotopic (exact) mass is 888 g/mol. The molecule has 2 heterocycles. The summed E-state index contributed by atoms with van der Waals surface area (Å²) in [5.41, 5.74) is 19.0. The molecule has 14 aromatic rings. The topological polar surface area (TPSA) is 9.86 Å². The van der Waals surface area contributed by atoms with Crippen LogP contribution in [0.1, 0.15) is 0 Å². The van der Waals surface area contributed by atoms with Crippen LogP contribution in [0.3, 0.4) is 0 Å². The Morgan fingerprint density at radius 1 is 0.186 bits per heavy atom. The summed E-state index contributed by atoms with van der Waals surface area (Å²) >= 11 is 0. The highest BCUT2D eigenvalue weighted by atomic mass is 15.0. The molecule has 0 aliphatic carbocycles. The van der Waals surface area contributed by atoms with E-state index in [9.17, 15) is 0 Å². The zero-order valence-corrected chi connectivity index (χ0v) is 38.3. The van der Waals surface area contributed by atoms with Gasteiger partial charge >= 0.3 is 0 Å². The number of para-hydroxylation sites is 4. The van der Waals surface area contributed by atoms with Crippen LogP contribution in [-0.2, 0) is 0 Å². The second kappa shape index (κ2) is 16.2. The number of fused-ring (bicyclic) bond motifs is 8. The van der Waals surface area contributed by atoms with Gasteiger partial charge in [0.05, 0.1) is 22.1 Å². The molecule has 0 bridgehead atoms. The van der Waals surface area contributed by atoms with Crippen LogP contribution in [-0.4, -0.2) is 9.13 Å². The fourth-order valence-electron chi connectivity index (χ4n) is 11.4. The van der Waals surface area contributed by atoms with Crippen molar-refractivity contribution in [1.82, 2.24) is 9.13 Å². The van der Waals surface area contributed by atoms with Crippen molar-refractivity contribution in [2.24, 2.45) is 0 Å².